The number of rotatable bonds is 3. The summed E-state index contributed by atoms with van der Waals surface area (Å²) in [5, 5.41) is 9.75. The zero-order valence-corrected chi connectivity index (χ0v) is 15.2. The largest absolute Gasteiger partial charge is 0.454 e. The van der Waals surface area contributed by atoms with Gasteiger partial charge in [-0.3, -0.25) is 9.47 Å². The van der Waals surface area contributed by atoms with Crippen LogP contribution in [0.1, 0.15) is 11.1 Å². The smallest absolute Gasteiger partial charge is 0.231 e. The van der Waals surface area contributed by atoms with E-state index in [1.54, 1.807) is 11.8 Å². The fraction of sp³-hybridized carbons (Fsp3) is 0.263. The fourth-order valence-corrected chi connectivity index (χ4v) is 4.09. The Hall–Kier alpha value is -2.51. The molecule has 0 spiro atoms. The van der Waals surface area contributed by atoms with Crippen LogP contribution in [-0.4, -0.2) is 32.3 Å². The number of ether oxygens (including phenoxy) is 2. The van der Waals surface area contributed by atoms with Crippen molar-refractivity contribution in [2.24, 2.45) is 0 Å². The quantitative estimate of drug-likeness (QED) is 0.707. The lowest BCUT2D eigenvalue weighted by Gasteiger charge is -2.27. The van der Waals surface area contributed by atoms with Crippen LogP contribution in [0.25, 0.3) is 11.4 Å². The van der Waals surface area contributed by atoms with Gasteiger partial charge in [-0.05, 0) is 24.6 Å². The molecule has 3 aromatic rings. The van der Waals surface area contributed by atoms with E-state index < -0.39 is 0 Å². The van der Waals surface area contributed by atoms with Crippen LogP contribution < -0.4 is 9.47 Å². The molecule has 0 unspecified atom stereocenters. The van der Waals surface area contributed by atoms with Crippen molar-refractivity contribution in [1.82, 2.24) is 19.7 Å². The number of benzene rings is 2. The normalized spacial score (nSPS) is 15.9. The van der Waals surface area contributed by atoms with Crippen LogP contribution in [0.3, 0.4) is 0 Å². The number of thioether (sulfide) groups is 1. The highest BCUT2D eigenvalue weighted by atomic mass is 32.2. The van der Waals surface area contributed by atoms with Crippen LogP contribution in [0.15, 0.2) is 47.6 Å². The van der Waals surface area contributed by atoms with Crippen molar-refractivity contribution >= 4 is 11.8 Å². The molecule has 2 aliphatic rings. The lowest BCUT2D eigenvalue weighted by Crippen LogP contribution is -2.30. The number of aryl methyl sites for hydroxylation is 1. The summed E-state index contributed by atoms with van der Waals surface area (Å²) in [6.07, 6.45) is 0. The van der Waals surface area contributed by atoms with Crippen LogP contribution in [0, 0.1) is 6.92 Å². The summed E-state index contributed by atoms with van der Waals surface area (Å²) in [4.78, 5) is 2.37. The Morgan fingerprint density at radius 1 is 1.04 bits per heavy atom. The molecule has 2 aromatic carbocycles. The van der Waals surface area contributed by atoms with Gasteiger partial charge in [-0.25, -0.2) is 0 Å². The Morgan fingerprint density at radius 3 is 2.77 bits per heavy atom. The van der Waals surface area contributed by atoms with E-state index in [1.807, 2.05) is 6.07 Å². The summed E-state index contributed by atoms with van der Waals surface area (Å²) in [7, 11) is 0. The minimum absolute atomic E-state index is 0.308. The summed E-state index contributed by atoms with van der Waals surface area (Å²) in [6, 6.07) is 14.6. The third-order valence-corrected chi connectivity index (χ3v) is 5.64. The van der Waals surface area contributed by atoms with E-state index in [4.69, 9.17) is 9.47 Å². The Kier molecular flexibility index (Phi) is 3.83. The van der Waals surface area contributed by atoms with Crippen molar-refractivity contribution in [3.8, 4) is 22.9 Å². The number of nitrogens with zero attached hydrogens (tertiary/aromatic N) is 4. The molecule has 5 rings (SSSR count). The predicted octanol–water partition coefficient (Wildman–Crippen LogP) is 3.51. The SMILES string of the molecule is Cc1ccc(-c2nnc3n2CN(Cc2ccc4c(c2)OCO4)CS3)cc1. The van der Waals surface area contributed by atoms with E-state index in [0.717, 1.165) is 47.1 Å². The van der Waals surface area contributed by atoms with E-state index >= 15 is 0 Å². The van der Waals surface area contributed by atoms with Crippen molar-refractivity contribution in [2.75, 3.05) is 12.7 Å². The first kappa shape index (κ1) is 15.7. The lowest BCUT2D eigenvalue weighted by atomic mass is 10.1. The zero-order chi connectivity index (χ0) is 17.5. The second kappa shape index (κ2) is 6.34. The molecule has 0 amide bonds. The molecule has 26 heavy (non-hydrogen) atoms. The van der Waals surface area contributed by atoms with Gasteiger partial charge in [0.05, 0.1) is 12.5 Å². The minimum Gasteiger partial charge on any atom is -0.454 e. The van der Waals surface area contributed by atoms with Crippen molar-refractivity contribution in [2.45, 2.75) is 25.3 Å². The van der Waals surface area contributed by atoms with E-state index in [9.17, 15) is 0 Å². The highest BCUT2D eigenvalue weighted by Crippen LogP contribution is 2.34. The second-order valence-electron chi connectivity index (χ2n) is 6.53. The van der Waals surface area contributed by atoms with Crippen LogP contribution in [0.4, 0.5) is 0 Å². The molecule has 2 aliphatic heterocycles. The molecule has 0 saturated carbocycles. The van der Waals surface area contributed by atoms with Crippen molar-refractivity contribution in [3.63, 3.8) is 0 Å². The molecule has 6 nitrogen and oxygen atoms in total. The first-order valence-electron chi connectivity index (χ1n) is 8.50. The number of hydrogen-bond donors (Lipinski definition) is 0. The van der Waals surface area contributed by atoms with Gasteiger partial charge in [-0.2, -0.15) is 0 Å². The molecule has 1 aromatic heterocycles. The number of aromatic nitrogens is 3. The van der Waals surface area contributed by atoms with Crippen LogP contribution in [0.5, 0.6) is 11.5 Å². The molecule has 0 fully saturated rings. The van der Waals surface area contributed by atoms with Gasteiger partial charge in [0.25, 0.3) is 0 Å². The lowest BCUT2D eigenvalue weighted by molar-refractivity contribution is 0.174. The van der Waals surface area contributed by atoms with Gasteiger partial charge < -0.3 is 9.47 Å². The Labute approximate surface area is 155 Å². The first-order valence-corrected chi connectivity index (χ1v) is 9.49. The highest BCUT2D eigenvalue weighted by molar-refractivity contribution is 7.99. The summed E-state index contributed by atoms with van der Waals surface area (Å²) >= 11 is 1.72. The predicted molar refractivity (Wildman–Crippen MR) is 99.0 cm³/mol. The summed E-state index contributed by atoms with van der Waals surface area (Å²) < 4.78 is 13.1. The third-order valence-electron chi connectivity index (χ3n) is 4.59. The molecule has 0 saturated heterocycles. The Bertz CT molecular complexity index is 955. The summed E-state index contributed by atoms with van der Waals surface area (Å²) in [5.41, 5.74) is 3.55. The fourth-order valence-electron chi connectivity index (χ4n) is 3.22. The van der Waals surface area contributed by atoms with Gasteiger partial charge in [0.1, 0.15) is 0 Å². The summed E-state index contributed by atoms with van der Waals surface area (Å²) in [5.74, 6) is 3.46. The first-order chi connectivity index (χ1) is 12.8. The molecule has 132 valence electrons. The molecule has 0 bridgehead atoms. The van der Waals surface area contributed by atoms with E-state index in [1.165, 1.54) is 11.1 Å². The van der Waals surface area contributed by atoms with Crippen LogP contribution in [0.2, 0.25) is 0 Å². The van der Waals surface area contributed by atoms with Crippen molar-refractivity contribution in [1.29, 1.82) is 0 Å². The molecule has 0 N–H and O–H groups in total. The standard InChI is InChI=1S/C19H18N4O2S/c1-13-2-5-15(6-3-13)18-20-21-19-23(18)10-22(11-26-19)9-14-4-7-16-17(8-14)25-12-24-16/h2-8H,9-12H2,1H3. The monoisotopic (exact) mass is 366 g/mol. The third kappa shape index (κ3) is 2.83. The molecule has 0 atom stereocenters. The molecule has 7 heteroatoms. The van der Waals surface area contributed by atoms with E-state index in [2.05, 4.69) is 63.0 Å². The van der Waals surface area contributed by atoms with Crippen LogP contribution >= 0.6 is 11.8 Å². The maximum atomic E-state index is 5.49. The Morgan fingerprint density at radius 2 is 1.88 bits per heavy atom. The van der Waals surface area contributed by atoms with Gasteiger partial charge in [0, 0.05) is 12.1 Å². The van der Waals surface area contributed by atoms with Gasteiger partial charge in [0.15, 0.2) is 22.5 Å². The topological polar surface area (TPSA) is 52.4 Å². The number of hydrogen-bond acceptors (Lipinski definition) is 6. The second-order valence-corrected chi connectivity index (χ2v) is 7.44. The van der Waals surface area contributed by atoms with Gasteiger partial charge in [-0.1, -0.05) is 47.7 Å². The maximum Gasteiger partial charge on any atom is 0.231 e. The molecule has 3 heterocycles. The van der Waals surface area contributed by atoms with Gasteiger partial charge in [0.2, 0.25) is 6.79 Å². The summed E-state index contributed by atoms with van der Waals surface area (Å²) in [6.45, 7) is 4.01. The van der Waals surface area contributed by atoms with E-state index in [-0.39, 0.29) is 0 Å². The van der Waals surface area contributed by atoms with E-state index in [0.29, 0.717) is 6.79 Å². The number of fused-ring (bicyclic) bond motifs is 2. The average Bonchev–Trinajstić information content (AvgIpc) is 3.28. The van der Waals surface area contributed by atoms with Gasteiger partial charge >= 0.3 is 0 Å². The van der Waals surface area contributed by atoms with Crippen molar-refractivity contribution in [3.05, 3.63) is 53.6 Å². The minimum atomic E-state index is 0.308. The maximum absolute atomic E-state index is 5.49. The van der Waals surface area contributed by atoms with Crippen LogP contribution in [-0.2, 0) is 13.2 Å². The molecule has 0 radical (unpaired) electrons. The molecular formula is C19H18N4O2S. The molecule has 0 aliphatic carbocycles. The molecular weight excluding hydrogens is 348 g/mol. The highest BCUT2D eigenvalue weighted by Gasteiger charge is 2.23. The Balaban J connectivity index is 1.38. The van der Waals surface area contributed by atoms with Crippen molar-refractivity contribution < 1.29 is 9.47 Å². The van der Waals surface area contributed by atoms with Gasteiger partial charge in [-0.15, -0.1) is 10.2 Å². The zero-order valence-electron chi connectivity index (χ0n) is 14.4. The average molecular weight is 366 g/mol.